The summed E-state index contributed by atoms with van der Waals surface area (Å²) in [4.78, 5) is 0. The maximum Gasteiger partial charge on any atom is 0.569 e. The lowest BCUT2D eigenvalue weighted by Crippen LogP contribution is -2.56. The molecule has 0 fully saturated rings. The van der Waals surface area contributed by atoms with Crippen molar-refractivity contribution in [1.82, 2.24) is 0 Å². The highest BCUT2D eigenvalue weighted by Crippen LogP contribution is 2.07. The van der Waals surface area contributed by atoms with E-state index in [-0.39, 0.29) is 0 Å². The molecule has 0 N–H and O–H groups in total. The van der Waals surface area contributed by atoms with Crippen molar-refractivity contribution in [1.29, 1.82) is 0 Å². The molecular formula is C13H24NO3Si+. The van der Waals surface area contributed by atoms with Crippen LogP contribution in [0, 0.1) is 0 Å². The van der Waals surface area contributed by atoms with Gasteiger partial charge in [0.2, 0.25) is 6.17 Å². The molecule has 18 heavy (non-hydrogen) atoms. The molecule has 0 atom stereocenters. The third-order valence-electron chi connectivity index (χ3n) is 3.05. The van der Waals surface area contributed by atoms with E-state index in [4.69, 9.17) is 13.3 Å². The normalized spacial score (nSPS) is 11.8. The molecule has 0 aliphatic rings. The summed E-state index contributed by atoms with van der Waals surface area (Å²) in [5.41, 5.74) is 1.34. The lowest BCUT2D eigenvalue weighted by molar-refractivity contribution is -0.685. The Morgan fingerprint density at radius 1 is 1.17 bits per heavy atom. The molecule has 102 valence electrons. The zero-order valence-electron chi connectivity index (χ0n) is 11.8. The largest absolute Gasteiger partial charge is 0.569 e. The molecule has 0 aromatic carbocycles. The van der Waals surface area contributed by atoms with E-state index in [1.807, 2.05) is 6.20 Å². The van der Waals surface area contributed by atoms with E-state index in [0.717, 1.165) is 6.42 Å². The first-order chi connectivity index (χ1) is 8.69. The van der Waals surface area contributed by atoms with Gasteiger partial charge in [0.05, 0.1) is 0 Å². The van der Waals surface area contributed by atoms with E-state index in [0.29, 0.717) is 6.17 Å². The van der Waals surface area contributed by atoms with Gasteiger partial charge in [-0.3, -0.25) is 0 Å². The summed E-state index contributed by atoms with van der Waals surface area (Å²) < 4.78 is 18.4. The van der Waals surface area contributed by atoms with Crippen LogP contribution in [-0.4, -0.2) is 30.1 Å². The van der Waals surface area contributed by atoms with Crippen LogP contribution in [0.1, 0.15) is 25.3 Å². The first kappa shape index (κ1) is 15.3. The Labute approximate surface area is 111 Å². The second-order valence-corrected chi connectivity index (χ2v) is 7.19. The van der Waals surface area contributed by atoms with Crippen molar-refractivity contribution in [3.05, 3.63) is 30.1 Å². The minimum atomic E-state index is -2.55. The van der Waals surface area contributed by atoms with E-state index in [9.17, 15) is 0 Å². The average molecular weight is 270 g/mol. The number of aryl methyl sites for hydroxylation is 1. The summed E-state index contributed by atoms with van der Waals surface area (Å²) in [5, 5.41) is 0. The zero-order valence-corrected chi connectivity index (χ0v) is 12.8. The Balaban J connectivity index is 2.77. The van der Waals surface area contributed by atoms with E-state index in [1.54, 1.807) is 21.3 Å². The molecule has 4 nitrogen and oxygen atoms in total. The van der Waals surface area contributed by atoms with Crippen molar-refractivity contribution in [2.45, 2.75) is 32.4 Å². The second kappa shape index (κ2) is 7.63. The summed E-state index contributed by atoms with van der Waals surface area (Å²) in [6.07, 6.45) is 8.34. The summed E-state index contributed by atoms with van der Waals surface area (Å²) in [6.45, 7) is 2.20. The maximum absolute atomic E-state index is 5.43. The van der Waals surface area contributed by atoms with E-state index < -0.39 is 8.80 Å². The van der Waals surface area contributed by atoms with Gasteiger partial charge in [-0.15, -0.1) is 0 Å². The van der Waals surface area contributed by atoms with Gasteiger partial charge in [0.1, 0.15) is 0 Å². The SMILES string of the molecule is CCCCc1ccc[n+](C[Si](OC)(OC)OC)c1. The molecule has 0 radical (unpaired) electrons. The summed E-state index contributed by atoms with van der Waals surface area (Å²) >= 11 is 0. The van der Waals surface area contributed by atoms with Crippen LogP contribution in [0.5, 0.6) is 0 Å². The molecule has 0 amide bonds. The van der Waals surface area contributed by atoms with Crippen LogP contribution in [0.15, 0.2) is 24.5 Å². The van der Waals surface area contributed by atoms with Gasteiger partial charge in [-0.2, -0.15) is 4.57 Å². The Morgan fingerprint density at radius 3 is 2.39 bits per heavy atom. The Morgan fingerprint density at radius 2 is 1.83 bits per heavy atom. The van der Waals surface area contributed by atoms with Crippen molar-refractivity contribution < 1.29 is 17.8 Å². The van der Waals surface area contributed by atoms with Gasteiger partial charge in [0.25, 0.3) is 0 Å². The minimum Gasteiger partial charge on any atom is -0.373 e. The Kier molecular flexibility index (Phi) is 6.49. The maximum atomic E-state index is 5.43. The fourth-order valence-electron chi connectivity index (χ4n) is 1.87. The summed E-state index contributed by atoms with van der Waals surface area (Å²) in [5.74, 6) is 0. The molecule has 0 aliphatic heterocycles. The van der Waals surface area contributed by atoms with Crippen LogP contribution in [0.25, 0.3) is 0 Å². The van der Waals surface area contributed by atoms with E-state index in [1.165, 1.54) is 18.4 Å². The van der Waals surface area contributed by atoms with Gasteiger partial charge in [-0.05, 0) is 18.9 Å². The van der Waals surface area contributed by atoms with Crippen LogP contribution in [0.3, 0.4) is 0 Å². The molecule has 1 aromatic heterocycles. The number of pyridine rings is 1. The molecule has 1 rings (SSSR count). The molecule has 5 heteroatoms. The molecular weight excluding hydrogens is 246 g/mol. The quantitative estimate of drug-likeness (QED) is 0.532. The van der Waals surface area contributed by atoms with Gasteiger partial charge < -0.3 is 13.3 Å². The molecule has 0 bridgehead atoms. The average Bonchev–Trinajstić information content (AvgIpc) is 2.43. The van der Waals surface area contributed by atoms with E-state index in [2.05, 4.69) is 29.8 Å². The number of aromatic nitrogens is 1. The highest BCUT2D eigenvalue weighted by molar-refractivity contribution is 6.58. The van der Waals surface area contributed by atoms with Crippen molar-refractivity contribution in [2.24, 2.45) is 0 Å². The van der Waals surface area contributed by atoms with Crippen LogP contribution >= 0.6 is 0 Å². The second-order valence-electron chi connectivity index (χ2n) is 4.28. The highest BCUT2D eigenvalue weighted by atomic mass is 28.4. The number of unbranched alkanes of at least 4 members (excludes halogenated alkanes) is 1. The molecule has 0 saturated heterocycles. The van der Waals surface area contributed by atoms with Gasteiger partial charge in [-0.1, -0.05) is 13.3 Å². The third kappa shape index (κ3) is 4.17. The lowest BCUT2D eigenvalue weighted by atomic mass is 10.1. The standard InChI is InChI=1S/C13H24NO3Si/c1-5-6-8-13-9-7-10-14(11-13)12-18(15-2,16-3)17-4/h7,9-11H,5-6,8,12H2,1-4H3/q+1. The Bertz CT molecular complexity index is 348. The fraction of sp³-hybridized carbons (Fsp3) is 0.615. The smallest absolute Gasteiger partial charge is 0.373 e. The summed E-state index contributed by atoms with van der Waals surface area (Å²) in [7, 11) is 2.37. The Hall–Kier alpha value is -0.753. The van der Waals surface area contributed by atoms with Crippen LogP contribution < -0.4 is 4.57 Å². The molecule has 0 unspecified atom stereocenters. The number of hydrogen-bond acceptors (Lipinski definition) is 3. The fourth-order valence-corrected chi connectivity index (χ4v) is 3.40. The van der Waals surface area contributed by atoms with Gasteiger partial charge in [-0.25, -0.2) is 0 Å². The number of nitrogens with zero attached hydrogens (tertiary/aromatic N) is 1. The monoisotopic (exact) mass is 270 g/mol. The van der Waals surface area contributed by atoms with Gasteiger partial charge in [0.15, 0.2) is 12.4 Å². The topological polar surface area (TPSA) is 31.6 Å². The third-order valence-corrected chi connectivity index (χ3v) is 5.67. The highest BCUT2D eigenvalue weighted by Gasteiger charge is 2.43. The first-order valence-corrected chi connectivity index (χ1v) is 8.26. The van der Waals surface area contributed by atoms with Crippen LogP contribution in [-0.2, 0) is 25.9 Å². The van der Waals surface area contributed by atoms with Gasteiger partial charge >= 0.3 is 8.80 Å². The molecule has 0 saturated carbocycles. The molecule has 0 aliphatic carbocycles. The van der Waals surface area contributed by atoms with E-state index >= 15 is 0 Å². The van der Waals surface area contributed by atoms with Crippen LogP contribution in [0.4, 0.5) is 0 Å². The first-order valence-electron chi connectivity index (χ1n) is 6.33. The number of hydrogen-bond donors (Lipinski definition) is 0. The van der Waals surface area contributed by atoms with Crippen molar-refractivity contribution in [2.75, 3.05) is 21.3 Å². The predicted molar refractivity (Wildman–Crippen MR) is 72.0 cm³/mol. The van der Waals surface area contributed by atoms with Crippen LogP contribution in [0.2, 0.25) is 0 Å². The van der Waals surface area contributed by atoms with Crippen molar-refractivity contribution in [3.63, 3.8) is 0 Å². The zero-order chi connectivity index (χ0) is 13.4. The molecule has 1 aromatic rings. The van der Waals surface area contributed by atoms with Crippen molar-refractivity contribution in [3.8, 4) is 0 Å². The predicted octanol–water partition coefficient (Wildman–Crippen LogP) is 1.73. The minimum absolute atomic E-state index is 0.635. The molecule has 1 heterocycles. The molecule has 0 spiro atoms. The summed E-state index contributed by atoms with van der Waals surface area (Å²) in [6, 6.07) is 4.22. The number of rotatable bonds is 8. The lowest BCUT2D eigenvalue weighted by Gasteiger charge is -2.20. The van der Waals surface area contributed by atoms with Gasteiger partial charge in [0, 0.05) is 33.0 Å². The van der Waals surface area contributed by atoms with Crippen molar-refractivity contribution >= 4 is 8.80 Å².